The highest BCUT2D eigenvalue weighted by Gasteiger charge is 2.62. The van der Waals surface area contributed by atoms with Crippen LogP contribution in [0.25, 0.3) is 10.9 Å². The maximum Gasteiger partial charge on any atom is 0.234 e. The van der Waals surface area contributed by atoms with Crippen LogP contribution < -0.4 is 0 Å². The molecule has 2 amide bonds. The molecule has 6 nitrogen and oxygen atoms in total. The minimum atomic E-state index is -0.357. The number of aromatic nitrogens is 1. The van der Waals surface area contributed by atoms with E-state index in [0.29, 0.717) is 0 Å². The summed E-state index contributed by atoms with van der Waals surface area (Å²) in [7, 11) is 1.59. The zero-order chi connectivity index (χ0) is 18.2. The topological polar surface area (TPSA) is 62.6 Å². The molecule has 1 aromatic carbocycles. The average Bonchev–Trinajstić information content (AvgIpc) is 3.34. The molecule has 0 saturated carbocycles. The van der Waals surface area contributed by atoms with E-state index in [1.807, 2.05) is 30.5 Å². The van der Waals surface area contributed by atoms with Crippen molar-refractivity contribution in [2.45, 2.75) is 19.0 Å². The molecule has 134 valence electrons. The van der Waals surface area contributed by atoms with Gasteiger partial charge in [0.05, 0.1) is 23.4 Å². The van der Waals surface area contributed by atoms with Crippen molar-refractivity contribution in [3.8, 4) is 0 Å². The second-order valence-electron chi connectivity index (χ2n) is 7.30. The summed E-state index contributed by atoms with van der Waals surface area (Å²) >= 11 is 1.81. The lowest BCUT2D eigenvalue weighted by Gasteiger charge is -2.26. The predicted octanol–water partition coefficient (Wildman–Crippen LogP) is 1.96. The van der Waals surface area contributed by atoms with E-state index in [-0.39, 0.29) is 41.6 Å². The zero-order valence-electron chi connectivity index (χ0n) is 14.6. The number of likely N-dealkylation sites (tertiary alicyclic amines) is 1. The molecule has 2 aromatic rings. The molecule has 3 saturated heterocycles. The van der Waals surface area contributed by atoms with E-state index in [2.05, 4.69) is 4.90 Å². The molecule has 7 heteroatoms. The van der Waals surface area contributed by atoms with Crippen LogP contribution in [-0.4, -0.2) is 56.8 Å². The van der Waals surface area contributed by atoms with Crippen LogP contribution in [0, 0.1) is 11.8 Å². The van der Waals surface area contributed by atoms with Gasteiger partial charge in [-0.25, -0.2) is 0 Å². The molecule has 0 N–H and O–H groups in total. The first-order chi connectivity index (χ1) is 12.5. The van der Waals surface area contributed by atoms with Crippen molar-refractivity contribution in [3.63, 3.8) is 0 Å². The molecule has 0 unspecified atom stereocenters. The van der Waals surface area contributed by atoms with E-state index in [1.54, 1.807) is 30.3 Å². The Labute approximate surface area is 155 Å². The minimum Gasteiger partial charge on any atom is -0.287 e. The Morgan fingerprint density at radius 2 is 1.88 bits per heavy atom. The van der Waals surface area contributed by atoms with Crippen LogP contribution in [0.15, 0.2) is 30.5 Å². The Bertz CT molecular complexity index is 968. The largest absolute Gasteiger partial charge is 0.287 e. The number of carbonyl (C=O) groups excluding carboxylic acids is 3. The lowest BCUT2D eigenvalue weighted by Crippen LogP contribution is -2.38. The zero-order valence-corrected chi connectivity index (χ0v) is 15.4. The third-order valence-electron chi connectivity index (χ3n) is 6.09. The normalized spacial score (nSPS) is 31.1. The highest BCUT2D eigenvalue weighted by atomic mass is 32.2. The second-order valence-corrected chi connectivity index (χ2v) is 8.30. The van der Waals surface area contributed by atoms with Gasteiger partial charge >= 0.3 is 0 Å². The quantitative estimate of drug-likeness (QED) is 0.719. The second kappa shape index (κ2) is 5.44. The Kier molecular flexibility index (Phi) is 3.36. The first kappa shape index (κ1) is 16.1. The number of thioether (sulfide) groups is 1. The van der Waals surface area contributed by atoms with E-state index in [1.165, 1.54) is 4.90 Å². The molecule has 3 aliphatic heterocycles. The predicted molar refractivity (Wildman–Crippen MR) is 98.7 cm³/mol. The summed E-state index contributed by atoms with van der Waals surface area (Å²) in [5, 5.41) is 0.985. The number of hydrogen-bond acceptors (Lipinski definition) is 5. The fourth-order valence-corrected chi connectivity index (χ4v) is 6.25. The molecule has 0 spiro atoms. The van der Waals surface area contributed by atoms with E-state index in [0.717, 1.165) is 28.1 Å². The third kappa shape index (κ3) is 1.90. The van der Waals surface area contributed by atoms with Gasteiger partial charge in [-0.2, -0.15) is 0 Å². The minimum absolute atomic E-state index is 0.0553. The van der Waals surface area contributed by atoms with Gasteiger partial charge in [0, 0.05) is 43.2 Å². The van der Waals surface area contributed by atoms with Crippen molar-refractivity contribution in [2.24, 2.45) is 11.8 Å². The molecule has 3 aliphatic rings. The van der Waals surface area contributed by atoms with E-state index >= 15 is 0 Å². The SMILES string of the molecule is CC(=O)n1cc([C@H]2[C@H]3C(=O)N(C)C(=O)[C@@H]3[C@H]3CSCN32)c2ccccc21. The summed E-state index contributed by atoms with van der Waals surface area (Å²) < 4.78 is 1.65. The molecular weight excluding hydrogens is 350 g/mol. The number of rotatable bonds is 1. The number of para-hydroxylation sites is 1. The molecule has 3 fully saturated rings. The number of hydrogen-bond donors (Lipinski definition) is 0. The molecule has 4 atom stereocenters. The molecule has 5 rings (SSSR count). The van der Waals surface area contributed by atoms with Crippen LogP contribution >= 0.6 is 11.8 Å². The first-order valence-corrected chi connectivity index (χ1v) is 9.92. The Balaban J connectivity index is 1.72. The van der Waals surface area contributed by atoms with Gasteiger partial charge in [-0.3, -0.25) is 28.8 Å². The smallest absolute Gasteiger partial charge is 0.234 e. The van der Waals surface area contributed by atoms with Crippen LogP contribution in [0.1, 0.15) is 23.3 Å². The van der Waals surface area contributed by atoms with Crippen LogP contribution in [0.2, 0.25) is 0 Å². The fourth-order valence-electron chi connectivity index (χ4n) is 4.95. The monoisotopic (exact) mass is 369 g/mol. The Hall–Kier alpha value is -2.12. The number of nitrogens with zero attached hydrogens (tertiary/aromatic N) is 3. The van der Waals surface area contributed by atoms with Crippen molar-refractivity contribution < 1.29 is 14.4 Å². The van der Waals surface area contributed by atoms with Crippen LogP contribution in [-0.2, 0) is 9.59 Å². The number of amides is 2. The van der Waals surface area contributed by atoms with Gasteiger partial charge in [0.15, 0.2) is 0 Å². The fraction of sp³-hybridized carbons (Fsp3) is 0.421. The maximum absolute atomic E-state index is 12.9. The number of imide groups is 1. The van der Waals surface area contributed by atoms with Crippen LogP contribution in [0.4, 0.5) is 0 Å². The average molecular weight is 369 g/mol. The third-order valence-corrected chi connectivity index (χ3v) is 7.14. The Morgan fingerprint density at radius 1 is 1.15 bits per heavy atom. The number of benzene rings is 1. The lowest BCUT2D eigenvalue weighted by molar-refractivity contribution is -0.139. The molecular formula is C19H19N3O3S. The summed E-state index contributed by atoms with van der Waals surface area (Å²) in [5.74, 6) is 0.846. The van der Waals surface area contributed by atoms with Gasteiger partial charge in [0.2, 0.25) is 17.7 Å². The summed E-state index contributed by atoms with van der Waals surface area (Å²) in [6.45, 7) is 1.54. The van der Waals surface area contributed by atoms with E-state index in [9.17, 15) is 14.4 Å². The van der Waals surface area contributed by atoms with Crippen molar-refractivity contribution in [1.29, 1.82) is 0 Å². The van der Waals surface area contributed by atoms with Gasteiger partial charge in [-0.05, 0) is 11.6 Å². The highest BCUT2D eigenvalue weighted by Crippen LogP contribution is 2.54. The molecule has 0 radical (unpaired) electrons. The summed E-state index contributed by atoms with van der Waals surface area (Å²) in [5.41, 5.74) is 1.83. The lowest BCUT2D eigenvalue weighted by atomic mass is 9.86. The molecule has 0 aliphatic carbocycles. The molecule has 26 heavy (non-hydrogen) atoms. The summed E-state index contributed by atoms with van der Waals surface area (Å²) in [6, 6.07) is 7.72. The van der Waals surface area contributed by atoms with E-state index < -0.39 is 0 Å². The van der Waals surface area contributed by atoms with E-state index in [4.69, 9.17) is 0 Å². The van der Waals surface area contributed by atoms with Crippen molar-refractivity contribution in [1.82, 2.24) is 14.4 Å². The standard InChI is InChI=1S/C19H19N3O3S/c1-10(23)21-7-12(11-5-3-4-6-13(11)21)17-16-15(14-8-26-9-22(14)17)18(24)20(2)19(16)25/h3-7,14-17H,8-9H2,1-2H3/t14-,15-,16+,17+/m1/s1. The van der Waals surface area contributed by atoms with Crippen LogP contribution in [0.5, 0.6) is 0 Å². The Morgan fingerprint density at radius 3 is 2.65 bits per heavy atom. The van der Waals surface area contributed by atoms with Gasteiger partial charge in [0.25, 0.3) is 0 Å². The summed E-state index contributed by atoms with van der Waals surface area (Å²) in [6.07, 6.45) is 1.87. The highest BCUT2D eigenvalue weighted by molar-refractivity contribution is 7.99. The van der Waals surface area contributed by atoms with Gasteiger partial charge in [0.1, 0.15) is 0 Å². The van der Waals surface area contributed by atoms with Crippen molar-refractivity contribution in [2.75, 3.05) is 18.7 Å². The number of fused-ring (bicyclic) bond motifs is 4. The van der Waals surface area contributed by atoms with Gasteiger partial charge < -0.3 is 0 Å². The maximum atomic E-state index is 12.9. The first-order valence-electron chi connectivity index (χ1n) is 8.76. The summed E-state index contributed by atoms with van der Waals surface area (Å²) in [4.78, 5) is 41.3. The van der Waals surface area contributed by atoms with Crippen molar-refractivity contribution in [3.05, 3.63) is 36.0 Å². The van der Waals surface area contributed by atoms with Crippen LogP contribution in [0.3, 0.4) is 0 Å². The molecule has 4 heterocycles. The van der Waals surface area contributed by atoms with Gasteiger partial charge in [-0.1, -0.05) is 18.2 Å². The van der Waals surface area contributed by atoms with Gasteiger partial charge in [-0.15, -0.1) is 11.8 Å². The molecule has 0 bridgehead atoms. The number of carbonyl (C=O) groups is 3. The van der Waals surface area contributed by atoms with Crippen molar-refractivity contribution >= 4 is 40.4 Å². The molecule has 1 aromatic heterocycles.